The van der Waals surface area contributed by atoms with Crippen LogP contribution in [-0.4, -0.2) is 45.6 Å². The van der Waals surface area contributed by atoms with Crippen molar-refractivity contribution in [3.05, 3.63) is 35.7 Å². The summed E-state index contributed by atoms with van der Waals surface area (Å²) in [4.78, 5) is 21.7. The number of hydrogen-bond acceptors (Lipinski definition) is 5. The maximum Gasteiger partial charge on any atom is 0.273 e. The predicted molar refractivity (Wildman–Crippen MR) is 80.2 cm³/mol. The molecule has 0 radical (unpaired) electrons. The standard InChI is InChI=1S/C15H21N5O2/c1-11-8-13(19-22-11)15(21)18-9-12-2-6-20(7-3-12)10-14-16-4-5-17-14/h4-5,8,12H,2-3,6-7,9-10H2,1H3,(H,16,17)(H,18,21). The van der Waals surface area contributed by atoms with Crippen LogP contribution in [0.5, 0.6) is 0 Å². The van der Waals surface area contributed by atoms with Crippen molar-refractivity contribution in [1.82, 2.24) is 25.3 Å². The number of amides is 1. The second-order valence-electron chi connectivity index (χ2n) is 5.79. The molecule has 22 heavy (non-hydrogen) atoms. The number of H-pyrrole nitrogens is 1. The van der Waals surface area contributed by atoms with Crippen molar-refractivity contribution in [2.45, 2.75) is 26.3 Å². The highest BCUT2D eigenvalue weighted by Gasteiger charge is 2.21. The second kappa shape index (κ2) is 6.74. The monoisotopic (exact) mass is 303 g/mol. The van der Waals surface area contributed by atoms with E-state index in [0.29, 0.717) is 23.9 Å². The molecule has 7 nitrogen and oxygen atoms in total. The number of nitrogens with one attached hydrogen (secondary N) is 2. The Hall–Kier alpha value is -2.15. The van der Waals surface area contributed by atoms with E-state index in [-0.39, 0.29) is 5.91 Å². The highest BCUT2D eigenvalue weighted by Crippen LogP contribution is 2.17. The van der Waals surface area contributed by atoms with Crippen LogP contribution in [0.4, 0.5) is 0 Å². The first-order chi connectivity index (χ1) is 10.7. The highest BCUT2D eigenvalue weighted by atomic mass is 16.5. The van der Waals surface area contributed by atoms with Crippen molar-refractivity contribution in [3.63, 3.8) is 0 Å². The Balaban J connectivity index is 1.39. The maximum atomic E-state index is 11.9. The van der Waals surface area contributed by atoms with E-state index in [9.17, 15) is 4.79 Å². The van der Waals surface area contributed by atoms with Gasteiger partial charge in [-0.25, -0.2) is 4.98 Å². The molecule has 1 amide bonds. The molecule has 0 aromatic carbocycles. The average molecular weight is 303 g/mol. The smallest absolute Gasteiger partial charge is 0.273 e. The topological polar surface area (TPSA) is 87.0 Å². The van der Waals surface area contributed by atoms with Gasteiger partial charge in [-0.1, -0.05) is 5.16 Å². The molecular formula is C15H21N5O2. The van der Waals surface area contributed by atoms with Crippen LogP contribution in [0.3, 0.4) is 0 Å². The first-order valence-corrected chi connectivity index (χ1v) is 7.63. The molecule has 0 atom stereocenters. The Kier molecular flexibility index (Phi) is 4.53. The zero-order valence-electron chi connectivity index (χ0n) is 12.7. The minimum absolute atomic E-state index is 0.158. The fraction of sp³-hybridized carbons (Fsp3) is 0.533. The summed E-state index contributed by atoms with van der Waals surface area (Å²) < 4.78 is 4.92. The molecule has 1 aliphatic rings. The molecule has 1 saturated heterocycles. The Morgan fingerprint density at radius 1 is 1.50 bits per heavy atom. The number of imidazole rings is 1. The van der Waals surface area contributed by atoms with Gasteiger partial charge in [-0.3, -0.25) is 9.69 Å². The van der Waals surface area contributed by atoms with E-state index in [1.54, 1.807) is 19.2 Å². The number of piperidine rings is 1. The van der Waals surface area contributed by atoms with Gasteiger partial charge >= 0.3 is 0 Å². The van der Waals surface area contributed by atoms with Crippen LogP contribution in [0.1, 0.15) is 34.9 Å². The summed E-state index contributed by atoms with van der Waals surface area (Å²) >= 11 is 0. The van der Waals surface area contributed by atoms with E-state index >= 15 is 0 Å². The number of rotatable bonds is 5. The van der Waals surface area contributed by atoms with Crippen LogP contribution in [0.2, 0.25) is 0 Å². The van der Waals surface area contributed by atoms with Gasteiger partial charge in [-0.05, 0) is 38.8 Å². The van der Waals surface area contributed by atoms with E-state index in [4.69, 9.17) is 4.52 Å². The number of hydrogen-bond donors (Lipinski definition) is 2. The normalized spacial score (nSPS) is 16.8. The summed E-state index contributed by atoms with van der Waals surface area (Å²) in [6.07, 6.45) is 5.80. The van der Waals surface area contributed by atoms with E-state index in [1.807, 2.05) is 6.20 Å². The second-order valence-corrected chi connectivity index (χ2v) is 5.79. The van der Waals surface area contributed by atoms with Gasteiger partial charge in [0.1, 0.15) is 11.6 Å². The van der Waals surface area contributed by atoms with E-state index in [2.05, 4.69) is 25.3 Å². The number of nitrogens with zero attached hydrogens (tertiary/aromatic N) is 3. The Bertz CT molecular complexity index is 599. The molecule has 2 N–H and O–H groups in total. The first-order valence-electron chi connectivity index (χ1n) is 7.63. The lowest BCUT2D eigenvalue weighted by atomic mass is 9.97. The van der Waals surface area contributed by atoms with Crippen molar-refractivity contribution in [1.29, 1.82) is 0 Å². The van der Waals surface area contributed by atoms with Crippen LogP contribution >= 0.6 is 0 Å². The number of likely N-dealkylation sites (tertiary alicyclic amines) is 1. The fourth-order valence-electron chi connectivity index (χ4n) is 2.75. The van der Waals surface area contributed by atoms with Gasteiger partial charge in [0.15, 0.2) is 5.69 Å². The molecule has 0 aliphatic carbocycles. The zero-order valence-corrected chi connectivity index (χ0v) is 12.7. The molecule has 7 heteroatoms. The SMILES string of the molecule is Cc1cc(C(=O)NCC2CCN(Cc3ncc[nH]3)CC2)no1. The summed E-state index contributed by atoms with van der Waals surface area (Å²) in [5.74, 6) is 2.02. The molecule has 2 aromatic rings. The molecule has 0 spiro atoms. The number of carbonyl (C=O) groups is 1. The lowest BCUT2D eigenvalue weighted by molar-refractivity contribution is 0.0926. The molecule has 0 saturated carbocycles. The maximum absolute atomic E-state index is 11.9. The molecule has 1 fully saturated rings. The van der Waals surface area contributed by atoms with Gasteiger partial charge in [-0.15, -0.1) is 0 Å². The Morgan fingerprint density at radius 2 is 2.32 bits per heavy atom. The van der Waals surface area contributed by atoms with E-state index < -0.39 is 0 Å². The van der Waals surface area contributed by atoms with Crippen molar-refractivity contribution >= 4 is 5.91 Å². The largest absolute Gasteiger partial charge is 0.361 e. The summed E-state index contributed by atoms with van der Waals surface area (Å²) in [6.45, 7) is 5.40. The van der Waals surface area contributed by atoms with Crippen LogP contribution in [0.15, 0.2) is 23.0 Å². The lowest BCUT2D eigenvalue weighted by Gasteiger charge is -2.31. The Morgan fingerprint density at radius 3 is 2.95 bits per heavy atom. The van der Waals surface area contributed by atoms with Crippen LogP contribution in [0, 0.1) is 12.8 Å². The molecule has 0 unspecified atom stereocenters. The minimum Gasteiger partial charge on any atom is -0.361 e. The van der Waals surface area contributed by atoms with Crippen molar-refractivity contribution < 1.29 is 9.32 Å². The minimum atomic E-state index is -0.158. The number of aryl methyl sites for hydroxylation is 1. The summed E-state index contributed by atoms with van der Waals surface area (Å²) in [5.41, 5.74) is 0.354. The average Bonchev–Trinajstić information content (AvgIpc) is 3.18. The van der Waals surface area contributed by atoms with Crippen molar-refractivity contribution in [2.24, 2.45) is 5.92 Å². The van der Waals surface area contributed by atoms with Gasteiger partial charge in [-0.2, -0.15) is 0 Å². The van der Waals surface area contributed by atoms with E-state index in [1.165, 1.54) is 0 Å². The number of aromatic amines is 1. The molecular weight excluding hydrogens is 282 g/mol. The van der Waals surface area contributed by atoms with Gasteiger partial charge in [0.25, 0.3) is 5.91 Å². The third kappa shape index (κ3) is 3.73. The zero-order chi connectivity index (χ0) is 15.4. The molecule has 3 rings (SSSR count). The third-order valence-corrected chi connectivity index (χ3v) is 4.05. The summed E-state index contributed by atoms with van der Waals surface area (Å²) in [5, 5.41) is 6.67. The molecule has 1 aliphatic heterocycles. The van der Waals surface area contributed by atoms with Gasteiger partial charge in [0.2, 0.25) is 0 Å². The highest BCUT2D eigenvalue weighted by molar-refractivity contribution is 5.92. The van der Waals surface area contributed by atoms with E-state index in [0.717, 1.165) is 38.3 Å². The summed E-state index contributed by atoms with van der Waals surface area (Å²) in [6, 6.07) is 1.65. The fourth-order valence-corrected chi connectivity index (χ4v) is 2.75. The molecule has 2 aromatic heterocycles. The van der Waals surface area contributed by atoms with Gasteiger partial charge in [0.05, 0.1) is 6.54 Å². The Labute approximate surface area is 129 Å². The van der Waals surface area contributed by atoms with Crippen LogP contribution < -0.4 is 5.32 Å². The van der Waals surface area contributed by atoms with Gasteiger partial charge in [0, 0.05) is 25.0 Å². The lowest BCUT2D eigenvalue weighted by Crippen LogP contribution is -2.38. The number of aromatic nitrogens is 3. The molecule has 3 heterocycles. The van der Waals surface area contributed by atoms with Crippen molar-refractivity contribution in [2.75, 3.05) is 19.6 Å². The van der Waals surface area contributed by atoms with Crippen LogP contribution in [0.25, 0.3) is 0 Å². The molecule has 0 bridgehead atoms. The first kappa shape index (κ1) is 14.8. The van der Waals surface area contributed by atoms with Gasteiger partial charge < -0.3 is 14.8 Å². The number of carbonyl (C=O) groups excluding carboxylic acids is 1. The summed E-state index contributed by atoms with van der Waals surface area (Å²) in [7, 11) is 0. The van der Waals surface area contributed by atoms with Crippen LogP contribution in [-0.2, 0) is 6.54 Å². The third-order valence-electron chi connectivity index (χ3n) is 4.05. The quantitative estimate of drug-likeness (QED) is 0.870. The van der Waals surface area contributed by atoms with Crippen molar-refractivity contribution in [3.8, 4) is 0 Å². The predicted octanol–water partition coefficient (Wildman–Crippen LogP) is 1.35. The molecule has 118 valence electrons.